The number of ether oxygens (including phenoxy) is 2. The van der Waals surface area contributed by atoms with E-state index in [0.717, 1.165) is 6.07 Å². The molecule has 0 heterocycles. The molecule has 0 saturated heterocycles. The van der Waals surface area contributed by atoms with Crippen LogP contribution in [0.1, 0.15) is 17.3 Å². The second-order valence-electron chi connectivity index (χ2n) is 4.49. The molecule has 1 aromatic carbocycles. The molecule has 8 nitrogen and oxygen atoms in total. The molecule has 0 aliphatic carbocycles. The average Bonchev–Trinajstić information content (AvgIpc) is 2.50. The molecule has 3 N–H and O–H groups in total. The monoisotopic (exact) mass is 342 g/mol. The Hall–Kier alpha value is -2.39. The Kier molecular flexibility index (Phi) is 6.28. The lowest BCUT2D eigenvalue weighted by molar-refractivity contribution is -0.128. The first kappa shape index (κ1) is 18.7. The summed E-state index contributed by atoms with van der Waals surface area (Å²) in [5.74, 6) is -1.32. The molecule has 23 heavy (non-hydrogen) atoms. The Morgan fingerprint density at radius 3 is 2.61 bits per heavy atom. The number of carbonyl (C=O) groups excluding carboxylic acids is 2. The van der Waals surface area contributed by atoms with Gasteiger partial charge in [-0.2, -0.15) is 0 Å². The van der Waals surface area contributed by atoms with Crippen LogP contribution in [0.5, 0.6) is 5.75 Å². The van der Waals surface area contributed by atoms with Crippen LogP contribution in [0, 0.1) is 0 Å². The van der Waals surface area contributed by atoms with Gasteiger partial charge in [-0.3, -0.25) is 4.79 Å². The van der Waals surface area contributed by atoms with Crippen molar-refractivity contribution in [3.05, 3.63) is 36.4 Å². The summed E-state index contributed by atoms with van der Waals surface area (Å²) in [6.07, 6.45) is 0.399. The third-order valence-electron chi connectivity index (χ3n) is 2.79. The molecule has 9 heteroatoms. The third-order valence-corrected chi connectivity index (χ3v) is 3.70. The van der Waals surface area contributed by atoms with Gasteiger partial charge in [-0.25, -0.2) is 18.4 Å². The van der Waals surface area contributed by atoms with Crippen LogP contribution < -0.4 is 15.2 Å². The van der Waals surface area contributed by atoms with E-state index in [1.807, 2.05) is 0 Å². The third kappa shape index (κ3) is 5.08. The van der Waals surface area contributed by atoms with E-state index in [9.17, 15) is 18.0 Å². The molecule has 1 rings (SSSR count). The molecule has 0 saturated carbocycles. The quantitative estimate of drug-likeness (QED) is 0.538. The number of sulfonamides is 1. The van der Waals surface area contributed by atoms with Crippen molar-refractivity contribution in [2.75, 3.05) is 13.7 Å². The average molecular weight is 342 g/mol. The highest BCUT2D eigenvalue weighted by Crippen LogP contribution is 2.23. The van der Waals surface area contributed by atoms with Crippen molar-refractivity contribution in [3.63, 3.8) is 0 Å². The Balaban J connectivity index is 3.02. The van der Waals surface area contributed by atoms with Gasteiger partial charge < -0.3 is 14.8 Å². The van der Waals surface area contributed by atoms with Crippen LogP contribution in [-0.2, 0) is 19.6 Å². The lowest BCUT2D eigenvalue weighted by Gasteiger charge is -2.14. The van der Waals surface area contributed by atoms with E-state index in [4.69, 9.17) is 14.6 Å². The molecule has 0 bridgehead atoms. The van der Waals surface area contributed by atoms with E-state index in [-0.39, 0.29) is 22.8 Å². The molecule has 0 radical (unpaired) electrons. The Morgan fingerprint density at radius 2 is 2.09 bits per heavy atom. The van der Waals surface area contributed by atoms with E-state index in [1.165, 1.54) is 32.2 Å². The fourth-order valence-corrected chi connectivity index (χ4v) is 2.16. The fraction of sp³-hybridized carbons (Fsp3) is 0.286. The maximum absolute atomic E-state index is 12.2. The maximum Gasteiger partial charge on any atom is 0.342 e. The first-order chi connectivity index (χ1) is 10.7. The van der Waals surface area contributed by atoms with Gasteiger partial charge in [-0.1, -0.05) is 6.08 Å². The van der Waals surface area contributed by atoms with Crippen molar-refractivity contribution in [3.8, 4) is 5.75 Å². The van der Waals surface area contributed by atoms with Gasteiger partial charge in [0.05, 0.1) is 12.0 Å². The number of rotatable bonds is 7. The van der Waals surface area contributed by atoms with Gasteiger partial charge in [0.25, 0.3) is 5.91 Å². The number of benzene rings is 1. The van der Waals surface area contributed by atoms with Crippen molar-refractivity contribution in [2.45, 2.75) is 17.9 Å². The van der Waals surface area contributed by atoms with Crippen molar-refractivity contribution >= 4 is 21.9 Å². The van der Waals surface area contributed by atoms with Crippen LogP contribution in [0.4, 0.5) is 0 Å². The summed E-state index contributed by atoms with van der Waals surface area (Å²) in [5.41, 5.74) is -0.151. The molecule has 0 unspecified atom stereocenters. The summed E-state index contributed by atoms with van der Waals surface area (Å²) < 4.78 is 32.7. The van der Waals surface area contributed by atoms with Crippen molar-refractivity contribution in [1.82, 2.24) is 5.32 Å². The number of hydrogen-bond acceptors (Lipinski definition) is 6. The van der Waals surface area contributed by atoms with Crippen molar-refractivity contribution in [1.29, 1.82) is 0 Å². The fourth-order valence-electron chi connectivity index (χ4n) is 1.62. The van der Waals surface area contributed by atoms with Crippen LogP contribution in [0.15, 0.2) is 35.7 Å². The minimum Gasteiger partial charge on any atom is -0.496 e. The highest BCUT2D eigenvalue weighted by molar-refractivity contribution is 7.89. The minimum absolute atomic E-state index is 0.0982. The summed E-state index contributed by atoms with van der Waals surface area (Å²) in [4.78, 5) is 23.6. The van der Waals surface area contributed by atoms with Gasteiger partial charge in [0, 0.05) is 6.54 Å². The van der Waals surface area contributed by atoms with Gasteiger partial charge in [-0.05, 0) is 25.1 Å². The summed E-state index contributed by atoms with van der Waals surface area (Å²) in [7, 11) is -2.69. The van der Waals surface area contributed by atoms with Crippen LogP contribution in [0.25, 0.3) is 0 Å². The summed E-state index contributed by atoms with van der Waals surface area (Å²) in [6, 6.07) is 3.51. The van der Waals surface area contributed by atoms with Crippen molar-refractivity contribution in [2.24, 2.45) is 5.14 Å². The van der Waals surface area contributed by atoms with E-state index in [2.05, 4.69) is 11.9 Å². The van der Waals surface area contributed by atoms with Crippen LogP contribution in [0.2, 0.25) is 0 Å². The highest BCUT2D eigenvalue weighted by Gasteiger charge is 2.23. The van der Waals surface area contributed by atoms with Crippen LogP contribution in [0.3, 0.4) is 0 Å². The molecule has 1 atom stereocenters. The number of amides is 1. The molecule has 0 fully saturated rings. The van der Waals surface area contributed by atoms with Crippen molar-refractivity contribution < 1.29 is 27.5 Å². The predicted molar refractivity (Wildman–Crippen MR) is 82.5 cm³/mol. The Labute approximate surface area is 134 Å². The number of methoxy groups -OCH3 is 1. The van der Waals surface area contributed by atoms with Gasteiger partial charge in [0.15, 0.2) is 6.10 Å². The molecule has 0 spiro atoms. The SMILES string of the molecule is C=CCNC(=O)[C@H](C)OC(=O)c1cc(S(N)(=O)=O)ccc1OC. The van der Waals surface area contributed by atoms with Gasteiger partial charge in [0.2, 0.25) is 10.0 Å². The number of esters is 1. The topological polar surface area (TPSA) is 125 Å². The molecule has 126 valence electrons. The molecule has 0 aliphatic rings. The summed E-state index contributed by atoms with van der Waals surface area (Å²) in [5, 5.41) is 7.50. The standard InChI is InChI=1S/C14H18N2O6S/c1-4-7-16-13(17)9(2)22-14(18)11-8-10(23(15,19)20)5-6-12(11)21-3/h4-6,8-9H,1,7H2,2-3H3,(H,16,17)(H2,15,19,20)/t9-/m0/s1. The summed E-state index contributed by atoms with van der Waals surface area (Å²) in [6.45, 7) is 5.06. The number of nitrogens with one attached hydrogen (secondary N) is 1. The molecule has 1 amide bonds. The number of carbonyl (C=O) groups is 2. The molecule has 0 aromatic heterocycles. The smallest absolute Gasteiger partial charge is 0.342 e. The number of nitrogens with two attached hydrogens (primary N) is 1. The van der Waals surface area contributed by atoms with E-state index < -0.39 is 28.0 Å². The molecular formula is C14H18N2O6S. The second-order valence-corrected chi connectivity index (χ2v) is 6.05. The normalized spacial score (nSPS) is 12.1. The largest absolute Gasteiger partial charge is 0.496 e. The van der Waals surface area contributed by atoms with E-state index in [1.54, 1.807) is 0 Å². The Bertz CT molecular complexity index is 714. The number of primary sulfonamides is 1. The molecule has 1 aromatic rings. The van der Waals surface area contributed by atoms with E-state index >= 15 is 0 Å². The lowest BCUT2D eigenvalue weighted by Crippen LogP contribution is -2.35. The zero-order chi connectivity index (χ0) is 17.6. The zero-order valence-corrected chi connectivity index (χ0v) is 13.6. The summed E-state index contributed by atoms with van der Waals surface area (Å²) >= 11 is 0. The molecule has 0 aliphatic heterocycles. The Morgan fingerprint density at radius 1 is 1.43 bits per heavy atom. The van der Waals surface area contributed by atoms with Crippen LogP contribution in [-0.4, -0.2) is 40.1 Å². The van der Waals surface area contributed by atoms with Gasteiger partial charge in [-0.15, -0.1) is 6.58 Å². The predicted octanol–water partition coefficient (Wildman–Crippen LogP) is 0.190. The van der Waals surface area contributed by atoms with Gasteiger partial charge in [0.1, 0.15) is 11.3 Å². The number of hydrogen-bond donors (Lipinski definition) is 2. The first-order valence-electron chi connectivity index (χ1n) is 6.51. The maximum atomic E-state index is 12.2. The van der Waals surface area contributed by atoms with Crippen LogP contribution >= 0.6 is 0 Å². The van der Waals surface area contributed by atoms with E-state index in [0.29, 0.717) is 0 Å². The minimum atomic E-state index is -3.99. The zero-order valence-electron chi connectivity index (χ0n) is 12.7. The second kappa shape index (κ2) is 7.75. The first-order valence-corrected chi connectivity index (χ1v) is 8.05. The van der Waals surface area contributed by atoms with Gasteiger partial charge >= 0.3 is 5.97 Å². The lowest BCUT2D eigenvalue weighted by atomic mass is 10.2. The highest BCUT2D eigenvalue weighted by atomic mass is 32.2. The molecular weight excluding hydrogens is 324 g/mol.